The van der Waals surface area contributed by atoms with E-state index in [1.54, 1.807) is 18.2 Å². The van der Waals surface area contributed by atoms with E-state index in [9.17, 15) is 4.79 Å². The SMILES string of the molecule is COc1ccc(C(=O)N/N=C/c2c(Cl)nc(N)nc2N2CCCC2)cc1OC. The van der Waals surface area contributed by atoms with Crippen molar-refractivity contribution in [1.82, 2.24) is 15.4 Å². The normalized spacial score (nSPS) is 13.8. The van der Waals surface area contributed by atoms with Crippen molar-refractivity contribution in [3.63, 3.8) is 0 Å². The minimum Gasteiger partial charge on any atom is -0.493 e. The Morgan fingerprint density at radius 3 is 2.64 bits per heavy atom. The molecule has 0 radical (unpaired) electrons. The Labute approximate surface area is 167 Å². The lowest BCUT2D eigenvalue weighted by Crippen LogP contribution is -2.23. The topological polar surface area (TPSA) is 115 Å². The van der Waals surface area contributed by atoms with E-state index in [4.69, 9.17) is 26.8 Å². The number of rotatable bonds is 6. The molecule has 148 valence electrons. The number of benzene rings is 1. The Balaban J connectivity index is 1.78. The molecule has 3 rings (SSSR count). The fraction of sp³-hybridized carbons (Fsp3) is 0.333. The highest BCUT2D eigenvalue weighted by molar-refractivity contribution is 6.32. The van der Waals surface area contributed by atoms with E-state index in [1.165, 1.54) is 20.4 Å². The molecule has 9 nitrogen and oxygen atoms in total. The summed E-state index contributed by atoms with van der Waals surface area (Å²) in [7, 11) is 3.03. The summed E-state index contributed by atoms with van der Waals surface area (Å²) in [5.41, 5.74) is 9.07. The van der Waals surface area contributed by atoms with Crippen LogP contribution in [-0.2, 0) is 0 Å². The molecule has 0 unspecified atom stereocenters. The molecule has 1 saturated heterocycles. The largest absolute Gasteiger partial charge is 0.493 e. The van der Waals surface area contributed by atoms with Crippen LogP contribution in [0.15, 0.2) is 23.3 Å². The van der Waals surface area contributed by atoms with E-state index in [-0.39, 0.29) is 11.1 Å². The van der Waals surface area contributed by atoms with Crippen molar-refractivity contribution >= 4 is 35.5 Å². The Morgan fingerprint density at radius 2 is 1.96 bits per heavy atom. The van der Waals surface area contributed by atoms with Gasteiger partial charge in [-0.25, -0.2) is 10.4 Å². The molecular weight excluding hydrogens is 384 g/mol. The van der Waals surface area contributed by atoms with E-state index in [2.05, 4.69) is 25.4 Å². The van der Waals surface area contributed by atoms with Crippen molar-refractivity contribution < 1.29 is 14.3 Å². The maximum atomic E-state index is 12.4. The van der Waals surface area contributed by atoms with E-state index < -0.39 is 5.91 Å². The third-order valence-electron chi connectivity index (χ3n) is 4.31. The zero-order chi connectivity index (χ0) is 20.1. The predicted octanol–water partition coefficient (Wildman–Crippen LogP) is 2.09. The van der Waals surface area contributed by atoms with Gasteiger partial charge in [-0.1, -0.05) is 11.6 Å². The number of nitrogens with one attached hydrogen (secondary N) is 1. The van der Waals surface area contributed by atoms with Crippen molar-refractivity contribution in [2.45, 2.75) is 12.8 Å². The van der Waals surface area contributed by atoms with Gasteiger partial charge in [0, 0.05) is 18.7 Å². The number of hydrogen-bond acceptors (Lipinski definition) is 8. The van der Waals surface area contributed by atoms with E-state index in [1.807, 2.05) is 0 Å². The molecule has 2 aromatic rings. The van der Waals surface area contributed by atoms with Gasteiger partial charge in [0.15, 0.2) is 11.5 Å². The van der Waals surface area contributed by atoms with Gasteiger partial charge in [0.1, 0.15) is 11.0 Å². The van der Waals surface area contributed by atoms with Gasteiger partial charge < -0.3 is 20.1 Å². The van der Waals surface area contributed by atoms with Crippen molar-refractivity contribution in [2.75, 3.05) is 37.9 Å². The Kier molecular flexibility index (Phi) is 6.15. The molecule has 28 heavy (non-hydrogen) atoms. The number of hydrogen-bond donors (Lipinski definition) is 2. The number of amides is 1. The highest BCUT2D eigenvalue weighted by Gasteiger charge is 2.20. The number of nitrogen functional groups attached to an aromatic ring is 1. The number of carbonyl (C=O) groups excluding carboxylic acids is 1. The van der Waals surface area contributed by atoms with Crippen LogP contribution in [-0.4, -0.2) is 49.4 Å². The molecular formula is C18H21ClN6O3. The lowest BCUT2D eigenvalue weighted by Gasteiger charge is -2.19. The molecule has 0 atom stereocenters. The summed E-state index contributed by atoms with van der Waals surface area (Å²) in [6, 6.07) is 4.83. The van der Waals surface area contributed by atoms with Crippen LogP contribution in [0.1, 0.15) is 28.8 Å². The Hall–Kier alpha value is -3.07. The number of nitrogens with zero attached hydrogens (tertiary/aromatic N) is 4. The first kappa shape index (κ1) is 19.7. The lowest BCUT2D eigenvalue weighted by atomic mass is 10.2. The quantitative estimate of drug-likeness (QED) is 0.430. The zero-order valence-corrected chi connectivity index (χ0v) is 16.4. The predicted molar refractivity (Wildman–Crippen MR) is 108 cm³/mol. The van der Waals surface area contributed by atoms with Crippen LogP contribution in [0.3, 0.4) is 0 Å². The summed E-state index contributed by atoms with van der Waals surface area (Å²) >= 11 is 6.23. The number of aromatic nitrogens is 2. The molecule has 2 heterocycles. The van der Waals surface area contributed by atoms with Crippen LogP contribution in [0, 0.1) is 0 Å². The number of nitrogens with two attached hydrogens (primary N) is 1. The second-order valence-corrected chi connectivity index (χ2v) is 6.43. The van der Waals surface area contributed by atoms with Crippen LogP contribution in [0.5, 0.6) is 11.5 Å². The van der Waals surface area contributed by atoms with Gasteiger partial charge >= 0.3 is 0 Å². The third-order valence-corrected chi connectivity index (χ3v) is 4.60. The first-order chi connectivity index (χ1) is 13.5. The maximum absolute atomic E-state index is 12.4. The number of ether oxygens (including phenoxy) is 2. The molecule has 1 aliphatic heterocycles. The number of anilines is 2. The highest BCUT2D eigenvalue weighted by Crippen LogP contribution is 2.28. The minimum absolute atomic E-state index is 0.0958. The molecule has 10 heteroatoms. The van der Waals surface area contributed by atoms with Gasteiger partial charge in [0.2, 0.25) is 5.95 Å². The fourth-order valence-electron chi connectivity index (χ4n) is 2.93. The summed E-state index contributed by atoms with van der Waals surface area (Å²) in [4.78, 5) is 22.7. The molecule has 1 aromatic heterocycles. The van der Waals surface area contributed by atoms with Crippen molar-refractivity contribution in [3.05, 3.63) is 34.5 Å². The van der Waals surface area contributed by atoms with E-state index in [0.29, 0.717) is 28.4 Å². The number of halogens is 1. The van der Waals surface area contributed by atoms with Gasteiger partial charge in [-0.15, -0.1) is 0 Å². The molecule has 0 saturated carbocycles. The van der Waals surface area contributed by atoms with Gasteiger partial charge in [0.25, 0.3) is 5.91 Å². The molecule has 1 aliphatic rings. The van der Waals surface area contributed by atoms with E-state index >= 15 is 0 Å². The molecule has 1 aromatic carbocycles. The molecule has 0 bridgehead atoms. The summed E-state index contributed by atoms with van der Waals surface area (Å²) in [5, 5.41) is 4.19. The zero-order valence-electron chi connectivity index (χ0n) is 15.6. The molecule has 1 fully saturated rings. The van der Waals surface area contributed by atoms with Crippen molar-refractivity contribution in [2.24, 2.45) is 5.10 Å². The summed E-state index contributed by atoms with van der Waals surface area (Å²) in [6.07, 6.45) is 3.55. The van der Waals surface area contributed by atoms with Gasteiger partial charge in [0.05, 0.1) is 26.0 Å². The third kappa shape index (κ3) is 4.25. The van der Waals surface area contributed by atoms with Crippen LogP contribution in [0.4, 0.5) is 11.8 Å². The van der Waals surface area contributed by atoms with Gasteiger partial charge in [-0.2, -0.15) is 10.1 Å². The summed E-state index contributed by atoms with van der Waals surface area (Å²) < 4.78 is 10.4. The summed E-state index contributed by atoms with van der Waals surface area (Å²) in [5.74, 6) is 1.28. The van der Waals surface area contributed by atoms with Crippen LogP contribution in [0.25, 0.3) is 0 Å². The van der Waals surface area contributed by atoms with Gasteiger partial charge in [-0.3, -0.25) is 4.79 Å². The molecule has 3 N–H and O–H groups in total. The van der Waals surface area contributed by atoms with Crippen LogP contribution < -0.4 is 25.5 Å². The minimum atomic E-state index is -0.410. The average molecular weight is 405 g/mol. The van der Waals surface area contributed by atoms with Crippen molar-refractivity contribution in [1.29, 1.82) is 0 Å². The Bertz CT molecular complexity index is 899. The summed E-state index contributed by atoms with van der Waals surface area (Å²) in [6.45, 7) is 1.71. The average Bonchev–Trinajstić information content (AvgIpc) is 3.23. The Morgan fingerprint density at radius 1 is 1.25 bits per heavy atom. The second kappa shape index (κ2) is 8.75. The smallest absolute Gasteiger partial charge is 0.271 e. The lowest BCUT2D eigenvalue weighted by molar-refractivity contribution is 0.0954. The highest BCUT2D eigenvalue weighted by atomic mass is 35.5. The maximum Gasteiger partial charge on any atom is 0.271 e. The fourth-order valence-corrected chi connectivity index (χ4v) is 3.15. The molecule has 1 amide bonds. The second-order valence-electron chi connectivity index (χ2n) is 6.07. The standard InChI is InChI=1S/C18H21ClN6O3/c1-27-13-6-5-11(9-14(13)28-2)17(26)24-21-10-12-15(19)22-18(20)23-16(12)25-7-3-4-8-25/h5-6,9-10H,3-4,7-8H2,1-2H3,(H,24,26)(H2,20,22,23)/b21-10+. The molecule has 0 spiro atoms. The first-order valence-electron chi connectivity index (χ1n) is 8.67. The van der Waals surface area contributed by atoms with Gasteiger partial charge in [-0.05, 0) is 31.0 Å². The number of carbonyl (C=O) groups is 1. The van der Waals surface area contributed by atoms with E-state index in [0.717, 1.165) is 25.9 Å². The van der Waals surface area contributed by atoms with Crippen molar-refractivity contribution in [3.8, 4) is 11.5 Å². The first-order valence-corrected chi connectivity index (χ1v) is 9.04. The number of hydrazone groups is 1. The van der Waals surface area contributed by atoms with Crippen LogP contribution in [0.2, 0.25) is 5.15 Å². The van der Waals surface area contributed by atoms with Crippen LogP contribution >= 0.6 is 11.6 Å². The monoisotopic (exact) mass is 404 g/mol. The number of methoxy groups -OCH3 is 2. The molecule has 0 aliphatic carbocycles.